The van der Waals surface area contributed by atoms with E-state index in [0.717, 1.165) is 11.3 Å². The number of nitrogens with zero attached hydrogens (tertiary/aromatic N) is 1. The molecular weight excluding hydrogens is 230 g/mol. The number of benzene rings is 2. The van der Waals surface area contributed by atoms with Crippen LogP contribution in [0.1, 0.15) is 36.5 Å². The van der Waals surface area contributed by atoms with Crippen molar-refractivity contribution < 1.29 is 0 Å². The van der Waals surface area contributed by atoms with Gasteiger partial charge in [0.15, 0.2) is 0 Å². The average Bonchev–Trinajstić information content (AvgIpc) is 2.46. The summed E-state index contributed by atoms with van der Waals surface area (Å²) in [5, 5.41) is 0. The second-order valence-corrected chi connectivity index (χ2v) is 4.94. The second kappa shape index (κ2) is 6.89. The third-order valence-corrected chi connectivity index (χ3v) is 3.20. The lowest BCUT2D eigenvalue weighted by molar-refractivity contribution is 0.795. The van der Waals surface area contributed by atoms with Gasteiger partial charge in [0.1, 0.15) is 0 Å². The van der Waals surface area contributed by atoms with Crippen LogP contribution in [0.15, 0.2) is 53.5 Å². The molecule has 2 aromatic rings. The molecule has 0 atom stereocenters. The molecule has 0 radical (unpaired) electrons. The van der Waals surface area contributed by atoms with Gasteiger partial charge in [-0.25, -0.2) is 0 Å². The van der Waals surface area contributed by atoms with E-state index in [4.69, 9.17) is 0 Å². The van der Waals surface area contributed by atoms with E-state index in [1.54, 1.807) is 0 Å². The Balaban J connectivity index is 2.00. The number of unbranched alkanes of at least 4 members (excludes halogenated alkanes) is 1. The van der Waals surface area contributed by atoms with Crippen molar-refractivity contribution in [3.63, 3.8) is 0 Å². The summed E-state index contributed by atoms with van der Waals surface area (Å²) in [5.41, 5.74) is 4.83. The van der Waals surface area contributed by atoms with Gasteiger partial charge in [-0.05, 0) is 43.0 Å². The van der Waals surface area contributed by atoms with Gasteiger partial charge in [-0.2, -0.15) is 0 Å². The Labute approximate surface area is 116 Å². The number of rotatable bonds is 5. The van der Waals surface area contributed by atoms with Crippen molar-refractivity contribution in [2.75, 3.05) is 0 Å². The molecule has 0 saturated carbocycles. The molecule has 0 saturated heterocycles. The molecule has 0 aliphatic rings. The van der Waals surface area contributed by atoms with Crippen LogP contribution in [0.2, 0.25) is 0 Å². The molecule has 0 unspecified atom stereocenters. The van der Waals surface area contributed by atoms with E-state index in [-0.39, 0.29) is 0 Å². The fraction of sp³-hybridized carbons (Fsp3) is 0.278. The van der Waals surface area contributed by atoms with Crippen LogP contribution in [0.3, 0.4) is 0 Å². The maximum atomic E-state index is 4.48. The SMILES string of the molecule is CCCCc1ccc(C=Nc2ccc(C)cc2)cc1. The lowest BCUT2D eigenvalue weighted by Gasteiger charge is -2.00. The summed E-state index contributed by atoms with van der Waals surface area (Å²) in [6, 6.07) is 16.9. The summed E-state index contributed by atoms with van der Waals surface area (Å²) in [5.74, 6) is 0. The predicted molar refractivity (Wildman–Crippen MR) is 83.5 cm³/mol. The molecule has 2 rings (SSSR count). The zero-order chi connectivity index (χ0) is 13.5. The molecule has 1 nitrogen and oxygen atoms in total. The summed E-state index contributed by atoms with van der Waals surface area (Å²) >= 11 is 0. The molecule has 0 amide bonds. The van der Waals surface area contributed by atoms with Crippen molar-refractivity contribution in [3.8, 4) is 0 Å². The van der Waals surface area contributed by atoms with Gasteiger partial charge in [0, 0.05) is 6.21 Å². The summed E-state index contributed by atoms with van der Waals surface area (Å²) in [4.78, 5) is 4.48. The van der Waals surface area contributed by atoms with Crippen LogP contribution >= 0.6 is 0 Å². The van der Waals surface area contributed by atoms with Gasteiger partial charge < -0.3 is 0 Å². The molecule has 0 fully saturated rings. The van der Waals surface area contributed by atoms with E-state index in [1.165, 1.54) is 30.4 Å². The first-order valence-electron chi connectivity index (χ1n) is 6.97. The van der Waals surface area contributed by atoms with E-state index in [1.807, 2.05) is 18.3 Å². The highest BCUT2D eigenvalue weighted by Gasteiger charge is 1.93. The third kappa shape index (κ3) is 4.36. The number of aryl methyl sites for hydroxylation is 2. The first-order valence-corrected chi connectivity index (χ1v) is 6.97. The minimum atomic E-state index is 1.00. The Morgan fingerprint density at radius 1 is 0.947 bits per heavy atom. The van der Waals surface area contributed by atoms with E-state index >= 15 is 0 Å². The molecule has 2 aromatic carbocycles. The molecule has 0 spiro atoms. The topological polar surface area (TPSA) is 12.4 Å². The quantitative estimate of drug-likeness (QED) is 0.656. The summed E-state index contributed by atoms with van der Waals surface area (Å²) in [7, 11) is 0. The summed E-state index contributed by atoms with van der Waals surface area (Å²) < 4.78 is 0. The van der Waals surface area contributed by atoms with Crippen LogP contribution < -0.4 is 0 Å². The normalized spacial score (nSPS) is 11.1. The fourth-order valence-corrected chi connectivity index (χ4v) is 1.93. The Morgan fingerprint density at radius 3 is 2.26 bits per heavy atom. The fourth-order valence-electron chi connectivity index (χ4n) is 1.93. The Hall–Kier alpha value is -1.89. The lowest BCUT2D eigenvalue weighted by Crippen LogP contribution is -1.86. The largest absolute Gasteiger partial charge is 0.256 e. The van der Waals surface area contributed by atoms with E-state index in [2.05, 4.69) is 55.2 Å². The van der Waals surface area contributed by atoms with Crippen LogP contribution in [0.25, 0.3) is 0 Å². The van der Waals surface area contributed by atoms with Crippen LogP contribution in [0, 0.1) is 6.92 Å². The van der Waals surface area contributed by atoms with Crippen LogP contribution in [-0.4, -0.2) is 6.21 Å². The van der Waals surface area contributed by atoms with E-state index in [9.17, 15) is 0 Å². The van der Waals surface area contributed by atoms with Gasteiger partial charge in [0.2, 0.25) is 0 Å². The van der Waals surface area contributed by atoms with E-state index in [0.29, 0.717) is 0 Å². The molecule has 98 valence electrons. The van der Waals surface area contributed by atoms with Crippen molar-refractivity contribution in [1.29, 1.82) is 0 Å². The zero-order valence-corrected chi connectivity index (χ0v) is 11.8. The molecule has 0 bridgehead atoms. The molecule has 19 heavy (non-hydrogen) atoms. The number of aliphatic imine (C=N–C) groups is 1. The maximum absolute atomic E-state index is 4.48. The van der Waals surface area contributed by atoms with Gasteiger partial charge in [-0.1, -0.05) is 55.3 Å². The monoisotopic (exact) mass is 251 g/mol. The van der Waals surface area contributed by atoms with Crippen LogP contribution in [-0.2, 0) is 6.42 Å². The lowest BCUT2D eigenvalue weighted by atomic mass is 10.1. The highest BCUT2D eigenvalue weighted by Crippen LogP contribution is 2.13. The average molecular weight is 251 g/mol. The highest BCUT2D eigenvalue weighted by molar-refractivity contribution is 5.81. The second-order valence-electron chi connectivity index (χ2n) is 4.94. The molecule has 0 N–H and O–H groups in total. The van der Waals surface area contributed by atoms with Crippen molar-refractivity contribution >= 4 is 11.9 Å². The molecule has 1 heteroatoms. The highest BCUT2D eigenvalue weighted by atomic mass is 14.7. The number of hydrogen-bond acceptors (Lipinski definition) is 1. The molecule has 0 aliphatic carbocycles. The molecule has 0 heterocycles. The summed E-state index contributed by atoms with van der Waals surface area (Å²) in [6.45, 7) is 4.31. The molecular formula is C18H21N. The van der Waals surface area contributed by atoms with Gasteiger partial charge >= 0.3 is 0 Å². The minimum absolute atomic E-state index is 1.00. The Bertz CT molecular complexity index is 521. The van der Waals surface area contributed by atoms with E-state index < -0.39 is 0 Å². The van der Waals surface area contributed by atoms with Gasteiger partial charge in [0.25, 0.3) is 0 Å². The van der Waals surface area contributed by atoms with Crippen LogP contribution in [0.5, 0.6) is 0 Å². The first-order chi connectivity index (χ1) is 9.28. The number of hydrogen-bond donors (Lipinski definition) is 0. The maximum Gasteiger partial charge on any atom is 0.0630 e. The van der Waals surface area contributed by atoms with Gasteiger partial charge in [-0.15, -0.1) is 0 Å². The smallest absolute Gasteiger partial charge is 0.0630 e. The van der Waals surface area contributed by atoms with Gasteiger partial charge in [0.05, 0.1) is 5.69 Å². The predicted octanol–water partition coefficient (Wildman–Crippen LogP) is 5.09. The first kappa shape index (κ1) is 13.5. The van der Waals surface area contributed by atoms with Crippen molar-refractivity contribution in [2.45, 2.75) is 33.1 Å². The molecule has 0 aromatic heterocycles. The van der Waals surface area contributed by atoms with Crippen molar-refractivity contribution in [3.05, 3.63) is 65.2 Å². The minimum Gasteiger partial charge on any atom is -0.256 e. The van der Waals surface area contributed by atoms with Gasteiger partial charge in [-0.3, -0.25) is 4.99 Å². The van der Waals surface area contributed by atoms with Crippen molar-refractivity contribution in [2.24, 2.45) is 4.99 Å². The standard InChI is InChI=1S/C18H21N/c1-3-4-5-16-8-10-17(11-9-16)14-19-18-12-6-15(2)7-13-18/h6-14H,3-5H2,1-2H3. The zero-order valence-electron chi connectivity index (χ0n) is 11.8. The Morgan fingerprint density at radius 2 is 1.63 bits per heavy atom. The summed E-state index contributed by atoms with van der Waals surface area (Å²) in [6.07, 6.45) is 5.60. The van der Waals surface area contributed by atoms with Crippen LogP contribution in [0.4, 0.5) is 5.69 Å². The Kier molecular flexibility index (Phi) is 4.91. The van der Waals surface area contributed by atoms with Crippen molar-refractivity contribution in [1.82, 2.24) is 0 Å². The molecule has 0 aliphatic heterocycles. The third-order valence-electron chi connectivity index (χ3n) is 3.20.